The fraction of sp³-hybridized carbons (Fsp3) is 0.452. The average Bonchev–Trinajstić information content (AvgIpc) is 4.26. The largest absolute Gasteiger partial charge is 0.493 e. The Hall–Kier alpha value is -7.99. The highest BCUT2D eigenvalue weighted by Crippen LogP contribution is 2.37. The van der Waals surface area contributed by atoms with Crippen LogP contribution in [0.2, 0.25) is 0 Å². The van der Waals surface area contributed by atoms with Gasteiger partial charge in [0.05, 0.1) is 68.7 Å². The molecular formula is C62H73FN12O9S. The zero-order chi connectivity index (χ0) is 60.1. The normalized spacial score (nSPS) is 16.3. The monoisotopic (exact) mass is 1180 g/mol. The number of fused-ring (bicyclic) bond motifs is 2. The second-order valence-corrected chi connectivity index (χ2v) is 24.1. The van der Waals surface area contributed by atoms with Crippen molar-refractivity contribution in [3.8, 4) is 22.7 Å². The van der Waals surface area contributed by atoms with Gasteiger partial charge in [0.2, 0.25) is 23.5 Å². The molecule has 3 amide bonds. The number of likely N-dealkylation sites (tertiary alicyclic amines) is 1. The van der Waals surface area contributed by atoms with Crippen LogP contribution in [0.5, 0.6) is 5.75 Å². The highest BCUT2D eigenvalue weighted by molar-refractivity contribution is 7.10. The minimum absolute atomic E-state index is 0.0123. The number of aliphatic hydroxyl groups excluding tert-OH is 1. The van der Waals surface area contributed by atoms with Gasteiger partial charge in [-0.05, 0) is 98.5 Å². The maximum absolute atomic E-state index is 15.6. The SMILES string of the molecule is CN[C@@H](C)C(=O)N[C@H](C(=O)N1CCC[C@H]1c1nc(C(=O)c2cccc(OCCCOCCC(=O)N3CCn4nc(Nc5cc(-c6ccnc(-n7ncc8cc(C(C)(C)C)cc(F)c8c7=O)c6CO)cn(C)c5=O)cc4C3)c2)cs1)C1CCCCC1. The number of hydrogen-bond acceptors (Lipinski definition) is 16. The van der Waals surface area contributed by atoms with Crippen LogP contribution >= 0.6 is 11.3 Å². The van der Waals surface area contributed by atoms with Gasteiger partial charge in [-0.15, -0.1) is 11.3 Å². The second-order valence-electron chi connectivity index (χ2n) is 23.2. The molecule has 1 saturated carbocycles. The predicted octanol–water partition coefficient (Wildman–Crippen LogP) is 7.26. The summed E-state index contributed by atoms with van der Waals surface area (Å²) in [4.78, 5) is 94.6. The molecule has 0 unspecified atom stereocenters. The van der Waals surface area contributed by atoms with Crippen molar-refractivity contribution in [3.05, 3.63) is 138 Å². The third kappa shape index (κ3) is 13.3. The Morgan fingerprint density at radius 3 is 2.53 bits per heavy atom. The van der Waals surface area contributed by atoms with E-state index in [-0.39, 0.29) is 81.9 Å². The van der Waals surface area contributed by atoms with E-state index in [4.69, 9.17) is 14.5 Å². The molecule has 2 fully saturated rings. The number of aromatic nitrogens is 7. The Morgan fingerprint density at radius 2 is 1.75 bits per heavy atom. The molecule has 85 heavy (non-hydrogen) atoms. The summed E-state index contributed by atoms with van der Waals surface area (Å²) in [6.45, 7) is 9.69. The van der Waals surface area contributed by atoms with Gasteiger partial charge in [0.15, 0.2) is 11.6 Å². The summed E-state index contributed by atoms with van der Waals surface area (Å²) in [5, 5.41) is 31.6. The van der Waals surface area contributed by atoms with Gasteiger partial charge in [0, 0.05) is 79.1 Å². The standard InChI is InChI=1S/C62H73FN12O9S/c1-37(64-5)57(79)69-54(38-13-8-7-9-14-38)61(82)73-21-11-17-50(73)58-68-49(36-85-58)55(78)39-15-10-16-44(28-39)84-25-12-24-83-26-19-52(77)72-22-23-74-43(34-72)31-51(70-74)67-48-29-41(33-71(6)59(48)80)45-18-20-65-56(46(45)35-76)75-60(81)53-40(32-66-75)27-42(30-47(53)63)62(2,3)4/h10,15-16,18,20,27-33,36-38,50,54,64,76H,7-9,11-14,17,19,21-26,34-35H2,1-6H3,(H,67,70)(H,69,79)/t37-,50-,54-/m0/s1. The van der Waals surface area contributed by atoms with Crippen LogP contribution in [0, 0.1) is 11.7 Å². The number of carbonyl (C=O) groups is 4. The third-order valence-corrected chi connectivity index (χ3v) is 17.3. The number of halogens is 1. The number of carbonyl (C=O) groups excluding carboxylic acids is 4. The van der Waals surface area contributed by atoms with Crippen LogP contribution < -0.4 is 31.8 Å². The summed E-state index contributed by atoms with van der Waals surface area (Å²) in [5.41, 5.74) is 2.14. The number of thiazole rings is 1. The first-order valence-electron chi connectivity index (χ1n) is 29.1. The van der Waals surface area contributed by atoms with E-state index in [9.17, 15) is 33.9 Å². The number of benzene rings is 2. The predicted molar refractivity (Wildman–Crippen MR) is 320 cm³/mol. The molecule has 0 bridgehead atoms. The molecular weight excluding hydrogens is 1110 g/mol. The molecule has 7 aromatic rings. The molecule has 1 saturated heterocycles. The quantitative estimate of drug-likeness (QED) is 0.0408. The number of ether oxygens (including phenoxy) is 2. The van der Waals surface area contributed by atoms with E-state index in [2.05, 4.69) is 31.1 Å². The van der Waals surface area contributed by atoms with Gasteiger partial charge in [0.1, 0.15) is 34.0 Å². The van der Waals surface area contributed by atoms with Crippen molar-refractivity contribution in [1.82, 2.24) is 54.5 Å². The first-order valence-corrected chi connectivity index (χ1v) is 30.0. The molecule has 448 valence electrons. The van der Waals surface area contributed by atoms with Gasteiger partial charge in [0.25, 0.3) is 11.1 Å². The van der Waals surface area contributed by atoms with Crippen molar-refractivity contribution < 1.29 is 38.1 Å². The Labute approximate surface area is 495 Å². The Morgan fingerprint density at radius 1 is 0.941 bits per heavy atom. The van der Waals surface area contributed by atoms with Crippen molar-refractivity contribution >= 4 is 57.1 Å². The fourth-order valence-electron chi connectivity index (χ4n) is 11.4. The van der Waals surface area contributed by atoms with Crippen LogP contribution in [0.25, 0.3) is 27.7 Å². The van der Waals surface area contributed by atoms with Crippen molar-refractivity contribution in [2.45, 2.75) is 129 Å². The van der Waals surface area contributed by atoms with Gasteiger partial charge in [-0.1, -0.05) is 52.2 Å². The molecule has 21 nitrogen and oxygen atoms in total. The number of ketones is 1. The lowest BCUT2D eigenvalue weighted by Gasteiger charge is -2.35. The number of likely N-dealkylation sites (N-methyl/N-ethyl adjacent to an activating group) is 1. The van der Waals surface area contributed by atoms with Crippen molar-refractivity contribution in [3.63, 3.8) is 0 Å². The van der Waals surface area contributed by atoms with Crippen LogP contribution in [-0.4, -0.2) is 125 Å². The lowest BCUT2D eigenvalue weighted by molar-refractivity contribution is -0.139. The van der Waals surface area contributed by atoms with E-state index in [0.717, 1.165) is 55.3 Å². The van der Waals surface area contributed by atoms with E-state index >= 15 is 4.39 Å². The Balaban J connectivity index is 0.693. The van der Waals surface area contributed by atoms with Gasteiger partial charge >= 0.3 is 0 Å². The molecule has 2 aliphatic heterocycles. The minimum atomic E-state index is -0.735. The second kappa shape index (κ2) is 26.1. The zero-order valence-electron chi connectivity index (χ0n) is 48.9. The van der Waals surface area contributed by atoms with Gasteiger partial charge < -0.3 is 44.9 Å². The number of rotatable bonds is 21. The smallest absolute Gasteiger partial charge is 0.283 e. The van der Waals surface area contributed by atoms with Gasteiger partial charge in [-0.3, -0.25) is 33.4 Å². The van der Waals surface area contributed by atoms with Crippen LogP contribution in [-0.2, 0) is 51.3 Å². The molecule has 2 aromatic carbocycles. The van der Waals surface area contributed by atoms with Crippen LogP contribution in [0.15, 0.2) is 88.2 Å². The van der Waals surface area contributed by atoms with Crippen molar-refractivity contribution in [1.29, 1.82) is 0 Å². The first-order chi connectivity index (χ1) is 40.9. The number of nitrogens with one attached hydrogen (secondary N) is 3. The number of aryl methyl sites for hydroxylation is 1. The van der Waals surface area contributed by atoms with Gasteiger partial charge in [-0.25, -0.2) is 14.4 Å². The molecule has 3 aliphatic rings. The third-order valence-electron chi connectivity index (χ3n) is 16.3. The maximum Gasteiger partial charge on any atom is 0.283 e. The van der Waals surface area contributed by atoms with Crippen LogP contribution in [0.3, 0.4) is 0 Å². The lowest BCUT2D eigenvalue weighted by atomic mass is 9.83. The van der Waals surface area contributed by atoms with Crippen LogP contribution in [0.4, 0.5) is 15.9 Å². The molecule has 0 spiro atoms. The minimum Gasteiger partial charge on any atom is -0.493 e. The molecule has 0 radical (unpaired) electrons. The van der Waals surface area contributed by atoms with E-state index in [0.29, 0.717) is 95.7 Å². The molecule has 10 rings (SSSR count). The highest BCUT2D eigenvalue weighted by Gasteiger charge is 2.40. The first kappa shape index (κ1) is 60.1. The van der Waals surface area contributed by atoms with E-state index < -0.39 is 30.1 Å². The summed E-state index contributed by atoms with van der Waals surface area (Å²) in [7, 11) is 3.32. The number of nitrogens with zero attached hydrogens (tertiary/aromatic N) is 9. The van der Waals surface area contributed by atoms with Crippen molar-refractivity contribution in [2.24, 2.45) is 13.0 Å². The summed E-state index contributed by atoms with van der Waals surface area (Å²) in [5.74, 6) is -0.294. The summed E-state index contributed by atoms with van der Waals surface area (Å²) in [6, 6.07) is 13.8. The molecule has 5 aromatic heterocycles. The number of anilines is 2. The van der Waals surface area contributed by atoms with E-state index in [1.807, 2.05) is 25.7 Å². The summed E-state index contributed by atoms with van der Waals surface area (Å²) in [6.07, 6.45) is 11.7. The summed E-state index contributed by atoms with van der Waals surface area (Å²) < 4.78 is 31.6. The van der Waals surface area contributed by atoms with Crippen molar-refractivity contribution in [2.75, 3.05) is 45.3 Å². The fourth-order valence-corrected chi connectivity index (χ4v) is 12.4. The zero-order valence-corrected chi connectivity index (χ0v) is 49.7. The average molecular weight is 1180 g/mol. The highest BCUT2D eigenvalue weighted by atomic mass is 32.1. The summed E-state index contributed by atoms with van der Waals surface area (Å²) >= 11 is 1.37. The van der Waals surface area contributed by atoms with Crippen LogP contribution in [0.1, 0.15) is 129 Å². The molecule has 4 N–H and O–H groups in total. The number of pyridine rings is 2. The maximum atomic E-state index is 15.6. The Kier molecular flexibility index (Phi) is 18.5. The molecule has 7 heterocycles. The molecule has 1 aliphatic carbocycles. The van der Waals surface area contributed by atoms with Gasteiger partial charge in [-0.2, -0.15) is 14.9 Å². The number of hydrogen-bond donors (Lipinski definition) is 4. The number of aliphatic hydroxyl groups is 1. The lowest BCUT2D eigenvalue weighted by Crippen LogP contribution is -2.55. The van der Waals surface area contributed by atoms with E-state index in [1.54, 1.807) is 90.7 Å². The molecule has 23 heteroatoms. The van der Waals surface area contributed by atoms with E-state index in [1.165, 1.54) is 34.4 Å². The molecule has 3 atom stereocenters. The topological polar surface area (TPSA) is 250 Å². The number of amides is 3. The Bertz CT molecular complexity index is 3750.